The maximum atomic E-state index is 12.8. The molecule has 0 saturated heterocycles. The predicted molar refractivity (Wildman–Crippen MR) is 75.9 cm³/mol. The second-order valence-electron chi connectivity index (χ2n) is 6.13. The number of benzene rings is 1. The second kappa shape index (κ2) is 5.70. The van der Waals surface area contributed by atoms with E-state index in [2.05, 4.69) is 13.8 Å². The van der Waals surface area contributed by atoms with Crippen molar-refractivity contribution in [3.05, 3.63) is 29.3 Å². The molecule has 0 amide bonds. The Bertz CT molecular complexity index is 539. The van der Waals surface area contributed by atoms with Gasteiger partial charge in [-0.3, -0.25) is 4.79 Å². The van der Waals surface area contributed by atoms with Crippen molar-refractivity contribution in [1.82, 2.24) is 0 Å². The van der Waals surface area contributed by atoms with Crippen LogP contribution in [0.3, 0.4) is 0 Å². The predicted octanol–water partition coefficient (Wildman–Crippen LogP) is 4.54. The summed E-state index contributed by atoms with van der Waals surface area (Å²) in [6.07, 6.45) is -2.09. The first kappa shape index (κ1) is 15.9. The molecule has 1 aromatic carbocycles. The smallest absolute Gasteiger partial charge is 0.398 e. The normalized spacial score (nSPS) is 26.6. The molecule has 2 N–H and O–H groups in total. The third-order valence-electron chi connectivity index (χ3n) is 4.62. The first-order chi connectivity index (χ1) is 9.70. The summed E-state index contributed by atoms with van der Waals surface area (Å²) in [5.74, 6) is 0.479. The van der Waals surface area contributed by atoms with Crippen molar-refractivity contribution < 1.29 is 18.0 Å². The van der Waals surface area contributed by atoms with Crippen molar-refractivity contribution in [1.29, 1.82) is 0 Å². The van der Waals surface area contributed by atoms with Gasteiger partial charge in [0, 0.05) is 17.2 Å². The highest BCUT2D eigenvalue weighted by Crippen LogP contribution is 2.37. The molecule has 1 saturated carbocycles. The van der Waals surface area contributed by atoms with Crippen molar-refractivity contribution >= 4 is 11.5 Å². The quantitative estimate of drug-likeness (QED) is 0.643. The Morgan fingerprint density at radius 1 is 1.19 bits per heavy atom. The fraction of sp³-hybridized carbons (Fsp3) is 0.562. The van der Waals surface area contributed by atoms with Crippen molar-refractivity contribution in [3.63, 3.8) is 0 Å². The average molecular weight is 299 g/mol. The molecule has 0 bridgehead atoms. The van der Waals surface area contributed by atoms with E-state index in [1.54, 1.807) is 0 Å². The summed E-state index contributed by atoms with van der Waals surface area (Å²) >= 11 is 0. The van der Waals surface area contributed by atoms with Crippen molar-refractivity contribution in [2.24, 2.45) is 17.8 Å². The van der Waals surface area contributed by atoms with Gasteiger partial charge in [-0.05, 0) is 49.3 Å². The molecule has 0 heterocycles. The van der Waals surface area contributed by atoms with E-state index in [1.165, 1.54) is 6.07 Å². The molecule has 0 spiro atoms. The summed E-state index contributed by atoms with van der Waals surface area (Å²) in [7, 11) is 0. The van der Waals surface area contributed by atoms with Gasteiger partial charge in [0.15, 0.2) is 5.78 Å². The van der Waals surface area contributed by atoms with Crippen LogP contribution in [0.5, 0.6) is 0 Å². The molecule has 21 heavy (non-hydrogen) atoms. The molecular weight excluding hydrogens is 279 g/mol. The fourth-order valence-electron chi connectivity index (χ4n) is 2.95. The minimum absolute atomic E-state index is 0.0107. The molecule has 0 aliphatic heterocycles. The first-order valence-electron chi connectivity index (χ1n) is 7.21. The number of ketones is 1. The molecule has 1 aromatic rings. The molecule has 5 heteroatoms. The Balaban J connectivity index is 2.27. The summed E-state index contributed by atoms with van der Waals surface area (Å²) in [4.78, 5) is 12.5. The lowest BCUT2D eigenvalue weighted by molar-refractivity contribution is -0.137. The van der Waals surface area contributed by atoms with Gasteiger partial charge < -0.3 is 5.73 Å². The molecule has 2 rings (SSSR count). The average Bonchev–Trinajstić information content (AvgIpc) is 2.40. The van der Waals surface area contributed by atoms with Crippen LogP contribution in [-0.2, 0) is 6.18 Å². The Morgan fingerprint density at radius 3 is 2.43 bits per heavy atom. The number of hydrogen-bond donors (Lipinski definition) is 1. The van der Waals surface area contributed by atoms with Crippen molar-refractivity contribution in [2.45, 2.75) is 39.3 Å². The molecule has 3 unspecified atom stereocenters. The Labute approximate surface area is 122 Å². The summed E-state index contributed by atoms with van der Waals surface area (Å²) in [5.41, 5.74) is 5.03. The van der Waals surface area contributed by atoms with E-state index in [0.29, 0.717) is 11.8 Å². The molecule has 1 aliphatic carbocycles. The molecule has 0 aromatic heterocycles. The van der Waals surface area contributed by atoms with Crippen LogP contribution >= 0.6 is 0 Å². The van der Waals surface area contributed by atoms with Gasteiger partial charge in [-0.25, -0.2) is 0 Å². The zero-order chi connectivity index (χ0) is 15.8. The number of nitrogen functional groups attached to an aromatic ring is 1. The van der Waals surface area contributed by atoms with E-state index in [-0.39, 0.29) is 23.0 Å². The zero-order valence-corrected chi connectivity index (χ0v) is 12.2. The summed E-state index contributed by atoms with van der Waals surface area (Å²) in [5, 5.41) is 0. The molecule has 1 fully saturated rings. The highest BCUT2D eigenvalue weighted by Gasteiger charge is 2.34. The first-order valence-corrected chi connectivity index (χ1v) is 7.21. The lowest BCUT2D eigenvalue weighted by Crippen LogP contribution is -2.27. The Hall–Kier alpha value is -1.52. The van der Waals surface area contributed by atoms with Gasteiger partial charge in [0.05, 0.1) is 5.56 Å². The highest BCUT2D eigenvalue weighted by molar-refractivity contribution is 6.02. The third-order valence-corrected chi connectivity index (χ3v) is 4.62. The Morgan fingerprint density at radius 2 is 1.86 bits per heavy atom. The lowest BCUT2D eigenvalue weighted by atomic mass is 9.73. The number of carbonyl (C=O) groups excluding carboxylic acids is 1. The number of carbonyl (C=O) groups is 1. The largest absolute Gasteiger partial charge is 0.416 e. The van der Waals surface area contributed by atoms with Crippen LogP contribution in [0.15, 0.2) is 18.2 Å². The van der Waals surface area contributed by atoms with E-state index in [1.807, 2.05) is 0 Å². The van der Waals surface area contributed by atoms with Gasteiger partial charge in [-0.1, -0.05) is 13.8 Å². The number of nitrogens with two attached hydrogens (primary N) is 1. The number of halogens is 3. The summed E-state index contributed by atoms with van der Waals surface area (Å²) in [6, 6.07) is 2.98. The minimum atomic E-state index is -4.46. The van der Waals surface area contributed by atoms with E-state index >= 15 is 0 Å². The van der Waals surface area contributed by atoms with Crippen LogP contribution < -0.4 is 5.73 Å². The van der Waals surface area contributed by atoms with Crippen LogP contribution in [0.25, 0.3) is 0 Å². The SMILES string of the molecule is CC1CCC(C(=O)c2cc(C(F)(F)F)ccc2N)CC1C. The second-order valence-corrected chi connectivity index (χ2v) is 6.13. The molecule has 2 nitrogen and oxygen atoms in total. The topological polar surface area (TPSA) is 43.1 Å². The lowest BCUT2D eigenvalue weighted by Gasteiger charge is -2.31. The van der Waals surface area contributed by atoms with E-state index in [4.69, 9.17) is 5.73 Å². The number of anilines is 1. The number of Topliss-reactive ketones (excluding diaryl/α,β-unsaturated/α-hetero) is 1. The van der Waals surface area contributed by atoms with E-state index in [0.717, 1.165) is 31.4 Å². The molecular formula is C16H20F3NO. The van der Waals surface area contributed by atoms with E-state index < -0.39 is 11.7 Å². The third kappa shape index (κ3) is 3.39. The van der Waals surface area contributed by atoms with Crippen molar-refractivity contribution in [2.75, 3.05) is 5.73 Å². The fourth-order valence-corrected chi connectivity index (χ4v) is 2.95. The molecule has 1 aliphatic rings. The van der Waals surface area contributed by atoms with Gasteiger partial charge >= 0.3 is 6.18 Å². The standard InChI is InChI=1S/C16H20F3NO/c1-9-3-4-11(7-10(9)2)15(21)13-8-12(16(17,18)19)5-6-14(13)20/h5-6,8-11H,3-4,7,20H2,1-2H3. The van der Waals surface area contributed by atoms with Gasteiger partial charge in [0.2, 0.25) is 0 Å². The van der Waals surface area contributed by atoms with Crippen LogP contribution in [0, 0.1) is 17.8 Å². The van der Waals surface area contributed by atoms with Gasteiger partial charge in [0.1, 0.15) is 0 Å². The number of alkyl halides is 3. The zero-order valence-electron chi connectivity index (χ0n) is 12.2. The van der Waals surface area contributed by atoms with Crippen LogP contribution in [0.4, 0.5) is 18.9 Å². The molecule has 116 valence electrons. The maximum absolute atomic E-state index is 12.8. The minimum Gasteiger partial charge on any atom is -0.398 e. The van der Waals surface area contributed by atoms with Crippen LogP contribution in [0.1, 0.15) is 49.0 Å². The van der Waals surface area contributed by atoms with Gasteiger partial charge in [-0.2, -0.15) is 13.2 Å². The molecule has 0 radical (unpaired) electrons. The monoisotopic (exact) mass is 299 g/mol. The maximum Gasteiger partial charge on any atom is 0.416 e. The number of hydrogen-bond acceptors (Lipinski definition) is 2. The van der Waals surface area contributed by atoms with Crippen LogP contribution in [0.2, 0.25) is 0 Å². The van der Waals surface area contributed by atoms with Gasteiger partial charge in [-0.15, -0.1) is 0 Å². The van der Waals surface area contributed by atoms with Crippen LogP contribution in [-0.4, -0.2) is 5.78 Å². The van der Waals surface area contributed by atoms with E-state index in [9.17, 15) is 18.0 Å². The van der Waals surface area contributed by atoms with Gasteiger partial charge in [0.25, 0.3) is 0 Å². The highest BCUT2D eigenvalue weighted by atomic mass is 19.4. The summed E-state index contributed by atoms with van der Waals surface area (Å²) < 4.78 is 38.3. The van der Waals surface area contributed by atoms with Crippen molar-refractivity contribution in [3.8, 4) is 0 Å². The summed E-state index contributed by atoms with van der Waals surface area (Å²) in [6.45, 7) is 4.23. The Kier molecular flexibility index (Phi) is 4.30. The molecule has 3 atom stereocenters. The number of rotatable bonds is 2.